The molecule has 124 valence electrons. The number of nitrogens with zero attached hydrogens (tertiary/aromatic N) is 3. The number of benzene rings is 1. The zero-order chi connectivity index (χ0) is 16.5. The summed E-state index contributed by atoms with van der Waals surface area (Å²) < 4.78 is 5.54. The Balaban J connectivity index is 1.36. The van der Waals surface area contributed by atoms with E-state index >= 15 is 0 Å². The summed E-state index contributed by atoms with van der Waals surface area (Å²) in [6, 6.07) is 7.21. The van der Waals surface area contributed by atoms with E-state index in [-0.39, 0.29) is 17.4 Å². The van der Waals surface area contributed by atoms with Gasteiger partial charge in [0.15, 0.2) is 5.78 Å². The SMILES string of the molecule is O=C(CSc1nnc(C2CC2)o1)c1ccc(N2CCCC2=O)cc1. The molecule has 1 saturated carbocycles. The lowest BCUT2D eigenvalue weighted by atomic mass is 10.1. The van der Waals surface area contributed by atoms with Crippen LogP contribution in [0, 0.1) is 0 Å². The van der Waals surface area contributed by atoms with Gasteiger partial charge < -0.3 is 9.32 Å². The zero-order valence-corrected chi connectivity index (χ0v) is 13.9. The van der Waals surface area contributed by atoms with E-state index in [0.29, 0.717) is 29.0 Å². The first-order valence-corrected chi connectivity index (χ1v) is 9.09. The van der Waals surface area contributed by atoms with E-state index in [1.807, 2.05) is 12.1 Å². The van der Waals surface area contributed by atoms with Gasteiger partial charge in [-0.1, -0.05) is 11.8 Å². The number of aromatic nitrogens is 2. The van der Waals surface area contributed by atoms with Crippen molar-refractivity contribution in [3.63, 3.8) is 0 Å². The molecule has 1 saturated heterocycles. The summed E-state index contributed by atoms with van der Waals surface area (Å²) in [5.41, 5.74) is 1.48. The van der Waals surface area contributed by atoms with Gasteiger partial charge in [-0.25, -0.2) is 0 Å². The zero-order valence-electron chi connectivity index (χ0n) is 13.1. The highest BCUT2D eigenvalue weighted by atomic mass is 32.2. The third-order valence-corrected chi connectivity index (χ3v) is 5.07. The summed E-state index contributed by atoms with van der Waals surface area (Å²) in [6.45, 7) is 0.752. The van der Waals surface area contributed by atoms with Crippen molar-refractivity contribution in [2.75, 3.05) is 17.2 Å². The van der Waals surface area contributed by atoms with E-state index < -0.39 is 0 Å². The smallest absolute Gasteiger partial charge is 0.277 e. The number of Topliss-reactive ketones (excluding diaryl/α,β-unsaturated/α-hetero) is 1. The van der Waals surface area contributed by atoms with Crippen molar-refractivity contribution >= 4 is 29.1 Å². The molecule has 6 nitrogen and oxygen atoms in total. The number of carbonyl (C=O) groups is 2. The van der Waals surface area contributed by atoms with Crippen LogP contribution in [-0.4, -0.2) is 34.2 Å². The van der Waals surface area contributed by atoms with Gasteiger partial charge in [-0.05, 0) is 43.5 Å². The van der Waals surface area contributed by atoms with E-state index in [9.17, 15) is 9.59 Å². The van der Waals surface area contributed by atoms with Crippen LogP contribution in [0.4, 0.5) is 5.69 Å². The molecule has 1 aromatic carbocycles. The summed E-state index contributed by atoms with van der Waals surface area (Å²) in [6.07, 6.45) is 3.71. The van der Waals surface area contributed by atoms with Crippen molar-refractivity contribution in [2.24, 2.45) is 0 Å². The topological polar surface area (TPSA) is 76.3 Å². The molecule has 1 aliphatic heterocycles. The van der Waals surface area contributed by atoms with E-state index in [1.165, 1.54) is 11.8 Å². The predicted octanol–water partition coefficient (Wildman–Crippen LogP) is 3.05. The molecule has 0 spiro atoms. The summed E-state index contributed by atoms with van der Waals surface area (Å²) in [7, 11) is 0. The van der Waals surface area contributed by atoms with Crippen LogP contribution < -0.4 is 4.90 Å². The number of amides is 1. The van der Waals surface area contributed by atoms with Crippen LogP contribution in [0.25, 0.3) is 0 Å². The van der Waals surface area contributed by atoms with Gasteiger partial charge in [0.25, 0.3) is 5.22 Å². The fourth-order valence-electron chi connectivity index (χ4n) is 2.73. The Morgan fingerprint density at radius 1 is 1.25 bits per heavy atom. The number of thioether (sulfide) groups is 1. The average molecular weight is 343 g/mol. The second-order valence-electron chi connectivity index (χ2n) is 6.09. The summed E-state index contributed by atoms with van der Waals surface area (Å²) >= 11 is 1.26. The molecule has 0 unspecified atom stereocenters. The van der Waals surface area contributed by atoms with Crippen LogP contribution in [0.15, 0.2) is 33.9 Å². The van der Waals surface area contributed by atoms with E-state index in [4.69, 9.17) is 4.42 Å². The van der Waals surface area contributed by atoms with Crippen LogP contribution >= 0.6 is 11.8 Å². The molecule has 4 rings (SSSR count). The van der Waals surface area contributed by atoms with Crippen LogP contribution in [0.2, 0.25) is 0 Å². The first-order chi connectivity index (χ1) is 11.7. The molecular weight excluding hydrogens is 326 g/mol. The van der Waals surface area contributed by atoms with Crippen LogP contribution in [0.5, 0.6) is 0 Å². The molecule has 2 heterocycles. The molecule has 0 N–H and O–H groups in total. The molecule has 2 aromatic rings. The Morgan fingerprint density at radius 2 is 2.04 bits per heavy atom. The Labute approximate surface area is 143 Å². The highest BCUT2D eigenvalue weighted by Gasteiger charge is 2.29. The molecule has 1 amide bonds. The van der Waals surface area contributed by atoms with Gasteiger partial charge in [0.1, 0.15) is 0 Å². The molecule has 1 aliphatic carbocycles. The van der Waals surface area contributed by atoms with Gasteiger partial charge in [-0.2, -0.15) is 0 Å². The Hall–Kier alpha value is -2.15. The van der Waals surface area contributed by atoms with Crippen LogP contribution in [-0.2, 0) is 4.79 Å². The molecular formula is C17H17N3O3S. The third kappa shape index (κ3) is 3.21. The maximum atomic E-state index is 12.3. The van der Waals surface area contributed by atoms with Gasteiger partial charge in [-0.3, -0.25) is 9.59 Å². The van der Waals surface area contributed by atoms with E-state index in [2.05, 4.69) is 10.2 Å². The van der Waals surface area contributed by atoms with E-state index in [1.54, 1.807) is 17.0 Å². The van der Waals surface area contributed by atoms with Crippen molar-refractivity contribution in [3.8, 4) is 0 Å². The van der Waals surface area contributed by atoms with Crippen molar-refractivity contribution < 1.29 is 14.0 Å². The quantitative estimate of drug-likeness (QED) is 0.593. The number of rotatable bonds is 6. The maximum Gasteiger partial charge on any atom is 0.277 e. The Kier molecular flexibility index (Phi) is 4.10. The molecule has 2 fully saturated rings. The van der Waals surface area contributed by atoms with E-state index in [0.717, 1.165) is 31.5 Å². The number of anilines is 1. The van der Waals surface area contributed by atoms with Gasteiger partial charge in [0, 0.05) is 30.1 Å². The first kappa shape index (κ1) is 15.4. The lowest BCUT2D eigenvalue weighted by Crippen LogP contribution is -2.23. The maximum absolute atomic E-state index is 12.3. The second kappa shape index (κ2) is 6.39. The minimum absolute atomic E-state index is 0.00507. The molecule has 0 atom stereocenters. The molecule has 7 heteroatoms. The van der Waals surface area contributed by atoms with Gasteiger partial charge in [-0.15, -0.1) is 10.2 Å². The molecule has 0 radical (unpaired) electrons. The van der Waals surface area contributed by atoms with Crippen molar-refractivity contribution in [1.82, 2.24) is 10.2 Å². The van der Waals surface area contributed by atoms with Crippen LogP contribution in [0.3, 0.4) is 0 Å². The Morgan fingerprint density at radius 3 is 2.71 bits per heavy atom. The molecule has 24 heavy (non-hydrogen) atoms. The minimum Gasteiger partial charge on any atom is -0.416 e. The fourth-order valence-corrected chi connectivity index (χ4v) is 3.40. The predicted molar refractivity (Wildman–Crippen MR) is 89.4 cm³/mol. The first-order valence-electron chi connectivity index (χ1n) is 8.10. The Bertz CT molecular complexity index is 768. The highest BCUT2D eigenvalue weighted by Crippen LogP contribution is 2.39. The normalized spacial score (nSPS) is 17.5. The molecule has 1 aromatic heterocycles. The fraction of sp³-hybridized carbons (Fsp3) is 0.412. The highest BCUT2D eigenvalue weighted by molar-refractivity contribution is 7.99. The summed E-state index contributed by atoms with van der Waals surface area (Å²) in [5.74, 6) is 1.51. The van der Waals surface area contributed by atoms with Crippen molar-refractivity contribution in [2.45, 2.75) is 36.8 Å². The number of ketones is 1. The van der Waals surface area contributed by atoms with Gasteiger partial charge >= 0.3 is 0 Å². The van der Waals surface area contributed by atoms with Gasteiger partial charge in [0.05, 0.1) is 5.75 Å². The summed E-state index contributed by atoms with van der Waals surface area (Å²) in [4.78, 5) is 25.8. The lowest BCUT2D eigenvalue weighted by Gasteiger charge is -2.15. The van der Waals surface area contributed by atoms with Crippen LogP contribution in [0.1, 0.15) is 47.8 Å². The largest absolute Gasteiger partial charge is 0.416 e. The minimum atomic E-state index is 0.00507. The average Bonchev–Trinajstić information content (AvgIpc) is 3.19. The second-order valence-corrected chi connectivity index (χ2v) is 7.01. The number of hydrogen-bond donors (Lipinski definition) is 0. The standard InChI is InChI=1S/C17H17N3O3S/c21-14(10-24-17-19-18-16(23-17)12-3-4-12)11-5-7-13(8-6-11)20-9-1-2-15(20)22/h5-8,12H,1-4,9-10H2. The monoisotopic (exact) mass is 343 g/mol. The number of carbonyl (C=O) groups excluding carboxylic acids is 2. The lowest BCUT2D eigenvalue weighted by molar-refractivity contribution is -0.117. The third-order valence-electron chi connectivity index (χ3n) is 4.25. The van der Waals surface area contributed by atoms with Crippen molar-refractivity contribution in [1.29, 1.82) is 0 Å². The molecule has 2 aliphatic rings. The van der Waals surface area contributed by atoms with Gasteiger partial charge in [0.2, 0.25) is 11.8 Å². The molecule has 0 bridgehead atoms. The van der Waals surface area contributed by atoms with Crippen molar-refractivity contribution in [3.05, 3.63) is 35.7 Å². The summed E-state index contributed by atoms with van der Waals surface area (Å²) in [5, 5.41) is 8.42. The number of hydrogen-bond acceptors (Lipinski definition) is 6.